The van der Waals surface area contributed by atoms with Gasteiger partial charge in [0.05, 0.1) is 31.1 Å². The number of ether oxygens (including phenoxy) is 1. The Morgan fingerprint density at radius 1 is 0.929 bits per heavy atom. The first-order valence-electron chi connectivity index (χ1n) is 14.3. The lowest BCUT2D eigenvalue weighted by Crippen LogP contribution is -2.51. The number of unbranched alkanes of at least 4 members (excludes halogenated alkanes) is 1. The highest BCUT2D eigenvalue weighted by atomic mass is 31.2. The molecule has 1 heterocycles. The standard InChI is InChI=1S/C32H47N2O7P/c1-8-23-38-42(37,39-24-9-2)40-25-32(6,33-30(36)41-31(3,4)5)22-21-27-19-20-28(34(27)7)29(35)18-14-13-17-26-15-11-10-12-16-26/h8-12,15-16,19-20H,1-2,13-14,17-18,21-25H2,3-7H3,(H,33,36). The number of aryl methyl sites for hydroxylation is 2. The Labute approximate surface area is 250 Å². The fraction of sp³-hybridized carbons (Fsp3) is 0.500. The van der Waals surface area contributed by atoms with E-state index in [0.29, 0.717) is 25.0 Å². The van der Waals surface area contributed by atoms with Crippen LogP contribution >= 0.6 is 7.82 Å². The van der Waals surface area contributed by atoms with E-state index in [9.17, 15) is 14.2 Å². The van der Waals surface area contributed by atoms with Crippen molar-refractivity contribution < 1.29 is 32.5 Å². The molecule has 1 atom stereocenters. The highest BCUT2D eigenvalue weighted by Gasteiger charge is 2.35. The van der Waals surface area contributed by atoms with Crippen molar-refractivity contribution in [1.29, 1.82) is 0 Å². The van der Waals surface area contributed by atoms with Gasteiger partial charge in [0.1, 0.15) is 5.60 Å². The van der Waals surface area contributed by atoms with Gasteiger partial charge in [-0.25, -0.2) is 9.36 Å². The molecule has 1 unspecified atom stereocenters. The Balaban J connectivity index is 2.08. The van der Waals surface area contributed by atoms with Gasteiger partial charge >= 0.3 is 13.9 Å². The maximum Gasteiger partial charge on any atom is 0.475 e. The Morgan fingerprint density at radius 2 is 1.57 bits per heavy atom. The molecule has 0 radical (unpaired) electrons. The van der Waals surface area contributed by atoms with E-state index in [1.807, 2.05) is 41.9 Å². The molecule has 0 spiro atoms. The number of nitrogens with zero attached hydrogens (tertiary/aromatic N) is 1. The van der Waals surface area contributed by atoms with Gasteiger partial charge in [-0.2, -0.15) is 0 Å². The summed E-state index contributed by atoms with van der Waals surface area (Å²) in [5.41, 5.74) is 1.10. The molecule has 9 nitrogen and oxygen atoms in total. The number of rotatable bonds is 19. The number of carbonyl (C=O) groups excluding carboxylic acids is 2. The van der Waals surface area contributed by atoms with Crippen molar-refractivity contribution >= 4 is 19.7 Å². The summed E-state index contributed by atoms with van der Waals surface area (Å²) in [5, 5.41) is 2.87. The molecule has 0 saturated heterocycles. The molecular formula is C32H47N2O7P. The topological polar surface area (TPSA) is 105 Å². The molecule has 0 aliphatic carbocycles. The number of phosphoric acid groups is 1. The monoisotopic (exact) mass is 602 g/mol. The smallest absolute Gasteiger partial charge is 0.444 e. The maximum absolute atomic E-state index is 13.1. The van der Waals surface area contributed by atoms with Gasteiger partial charge in [-0.1, -0.05) is 42.5 Å². The second-order valence-electron chi connectivity index (χ2n) is 11.5. The fourth-order valence-electron chi connectivity index (χ4n) is 4.22. The molecule has 0 bridgehead atoms. The van der Waals surface area contributed by atoms with Gasteiger partial charge in [0.15, 0.2) is 5.78 Å². The number of carbonyl (C=O) groups is 2. The lowest BCUT2D eigenvalue weighted by molar-refractivity contribution is 0.0379. The summed E-state index contributed by atoms with van der Waals surface area (Å²) in [4.78, 5) is 25.7. The van der Waals surface area contributed by atoms with Crippen LogP contribution in [0.1, 0.15) is 75.1 Å². The molecule has 0 aliphatic heterocycles. The molecule has 0 aliphatic rings. The number of aromatic nitrogens is 1. The first-order chi connectivity index (χ1) is 19.8. The van der Waals surface area contributed by atoms with Crippen LogP contribution in [-0.4, -0.2) is 47.4 Å². The third-order valence-electron chi connectivity index (χ3n) is 6.45. The van der Waals surface area contributed by atoms with Gasteiger partial charge in [-0.3, -0.25) is 18.4 Å². The zero-order valence-corrected chi connectivity index (χ0v) is 26.6. The molecule has 2 aromatic rings. The van der Waals surface area contributed by atoms with E-state index >= 15 is 0 Å². The third kappa shape index (κ3) is 12.5. The third-order valence-corrected chi connectivity index (χ3v) is 7.83. The molecule has 1 aromatic heterocycles. The molecule has 0 fully saturated rings. The Bertz CT molecular complexity index is 1200. The molecule has 1 amide bonds. The summed E-state index contributed by atoms with van der Waals surface area (Å²) in [6.45, 7) is 13.9. The predicted octanol–water partition coefficient (Wildman–Crippen LogP) is 7.37. The number of hydrogen-bond donors (Lipinski definition) is 1. The van der Waals surface area contributed by atoms with Crippen LogP contribution in [0.15, 0.2) is 67.8 Å². The van der Waals surface area contributed by atoms with Crippen LogP contribution in [0.25, 0.3) is 0 Å². The van der Waals surface area contributed by atoms with Crippen molar-refractivity contribution in [3.8, 4) is 0 Å². The number of hydrogen-bond acceptors (Lipinski definition) is 7. The molecule has 1 N–H and O–H groups in total. The quantitative estimate of drug-likeness (QED) is 0.0775. The van der Waals surface area contributed by atoms with Gasteiger partial charge in [0.2, 0.25) is 0 Å². The summed E-state index contributed by atoms with van der Waals surface area (Å²) >= 11 is 0. The Hall–Kier alpha value is -2.97. The number of amides is 1. The first kappa shape index (κ1) is 35.2. The van der Waals surface area contributed by atoms with Crippen molar-refractivity contribution in [3.63, 3.8) is 0 Å². The van der Waals surface area contributed by atoms with Crippen LogP contribution in [0.4, 0.5) is 4.79 Å². The van der Waals surface area contributed by atoms with E-state index in [1.54, 1.807) is 27.7 Å². The zero-order chi connectivity index (χ0) is 31.2. The molecule has 232 valence electrons. The van der Waals surface area contributed by atoms with Crippen LogP contribution in [0, 0.1) is 0 Å². The van der Waals surface area contributed by atoms with E-state index in [-0.39, 0.29) is 25.6 Å². The summed E-state index contributed by atoms with van der Waals surface area (Å²) in [7, 11) is -2.10. The van der Waals surface area contributed by atoms with Gasteiger partial charge in [-0.05, 0) is 77.5 Å². The first-order valence-corrected chi connectivity index (χ1v) is 15.7. The van der Waals surface area contributed by atoms with Gasteiger partial charge in [0, 0.05) is 19.2 Å². The summed E-state index contributed by atoms with van der Waals surface area (Å²) < 4.78 is 36.8. The number of nitrogens with one attached hydrogen (secondary N) is 1. The number of phosphoric ester groups is 1. The predicted molar refractivity (Wildman–Crippen MR) is 166 cm³/mol. The average molecular weight is 603 g/mol. The largest absolute Gasteiger partial charge is 0.475 e. The van der Waals surface area contributed by atoms with E-state index in [2.05, 4.69) is 30.6 Å². The molecule has 0 saturated carbocycles. The zero-order valence-electron chi connectivity index (χ0n) is 25.7. The van der Waals surface area contributed by atoms with E-state index < -0.39 is 25.1 Å². The van der Waals surface area contributed by atoms with Crippen molar-refractivity contribution in [2.24, 2.45) is 7.05 Å². The molecule has 2 rings (SSSR count). The van der Waals surface area contributed by atoms with Gasteiger partial charge in [0.25, 0.3) is 0 Å². The summed E-state index contributed by atoms with van der Waals surface area (Å²) in [6, 6.07) is 14.0. The molecule has 1 aromatic carbocycles. The molecule has 42 heavy (non-hydrogen) atoms. The number of alkyl carbamates (subject to hydrolysis) is 1. The van der Waals surface area contributed by atoms with Crippen LogP contribution in [-0.2, 0) is 42.8 Å². The van der Waals surface area contributed by atoms with E-state index in [0.717, 1.165) is 25.0 Å². The van der Waals surface area contributed by atoms with Gasteiger partial charge in [-0.15, -0.1) is 13.2 Å². The summed E-state index contributed by atoms with van der Waals surface area (Å²) in [6.07, 6.45) is 6.29. The van der Waals surface area contributed by atoms with E-state index in [4.69, 9.17) is 18.3 Å². The van der Waals surface area contributed by atoms with Crippen LogP contribution < -0.4 is 5.32 Å². The minimum absolute atomic E-state index is 0.0446. The van der Waals surface area contributed by atoms with Crippen LogP contribution in [0.5, 0.6) is 0 Å². The minimum atomic E-state index is -3.97. The van der Waals surface area contributed by atoms with Crippen LogP contribution in [0.3, 0.4) is 0 Å². The number of benzene rings is 1. The normalized spacial score (nSPS) is 13.3. The second-order valence-corrected chi connectivity index (χ2v) is 13.1. The highest BCUT2D eigenvalue weighted by Crippen LogP contribution is 2.50. The Kier molecular flexibility index (Phi) is 13.9. The van der Waals surface area contributed by atoms with Crippen molar-refractivity contribution in [1.82, 2.24) is 9.88 Å². The van der Waals surface area contributed by atoms with Crippen molar-refractivity contribution in [2.45, 2.75) is 77.4 Å². The lowest BCUT2D eigenvalue weighted by atomic mass is 9.96. The second kappa shape index (κ2) is 16.6. The van der Waals surface area contributed by atoms with Crippen molar-refractivity contribution in [2.75, 3.05) is 19.8 Å². The van der Waals surface area contributed by atoms with Crippen molar-refractivity contribution in [3.05, 3.63) is 84.7 Å². The number of Topliss-reactive ketones (excluding diaryl/α,β-unsaturated/α-hetero) is 1. The van der Waals surface area contributed by atoms with Gasteiger partial charge < -0.3 is 14.6 Å². The lowest BCUT2D eigenvalue weighted by Gasteiger charge is -2.33. The highest BCUT2D eigenvalue weighted by molar-refractivity contribution is 7.48. The minimum Gasteiger partial charge on any atom is -0.444 e. The maximum atomic E-state index is 13.1. The summed E-state index contributed by atoms with van der Waals surface area (Å²) in [5.74, 6) is 0.0921. The average Bonchev–Trinajstić information content (AvgIpc) is 3.30. The number of ketones is 1. The molecular weight excluding hydrogens is 555 g/mol. The Morgan fingerprint density at radius 3 is 2.17 bits per heavy atom. The van der Waals surface area contributed by atoms with Crippen LogP contribution in [0.2, 0.25) is 0 Å². The fourth-order valence-corrected chi connectivity index (χ4v) is 5.46. The van der Waals surface area contributed by atoms with E-state index in [1.165, 1.54) is 17.7 Å². The SMILES string of the molecule is C=CCOP(=O)(OCC=C)OCC(C)(CCc1ccc(C(=O)CCCCc2ccccc2)n1C)NC(=O)OC(C)(C)C. The molecule has 10 heteroatoms.